The zero-order chi connectivity index (χ0) is 11.8. The molecule has 0 aliphatic heterocycles. The summed E-state index contributed by atoms with van der Waals surface area (Å²) in [7, 11) is 0. The molecule has 2 N–H and O–H groups in total. The summed E-state index contributed by atoms with van der Waals surface area (Å²) in [5.41, 5.74) is 0.352. The van der Waals surface area contributed by atoms with Crippen LogP contribution in [-0.4, -0.2) is 20.8 Å². The Hall–Kier alpha value is -1.45. The molecule has 0 saturated heterocycles. The molecule has 2 rings (SSSR count). The molecule has 84 valence electrons. The summed E-state index contributed by atoms with van der Waals surface area (Å²) in [5.74, 6) is 0. The molecule has 0 spiro atoms. The van der Waals surface area contributed by atoms with Crippen molar-refractivity contribution in [2.45, 2.75) is 25.6 Å². The third-order valence-electron chi connectivity index (χ3n) is 2.60. The minimum absolute atomic E-state index is 0.631. The van der Waals surface area contributed by atoms with Crippen LogP contribution in [-0.2, 0) is 0 Å². The minimum Gasteiger partial charge on any atom is -0.387 e. The average molecular weight is 217 g/mol. The molecule has 1 aromatic carbocycles. The van der Waals surface area contributed by atoms with Crippen LogP contribution in [0.3, 0.4) is 0 Å². The molecule has 1 aromatic heterocycles. The lowest BCUT2D eigenvalue weighted by molar-refractivity contribution is -0.0497. The van der Waals surface area contributed by atoms with Crippen molar-refractivity contribution in [3.63, 3.8) is 0 Å². The number of hydrogen-bond acceptors (Lipinski definition) is 3. The Morgan fingerprint density at radius 2 is 1.94 bits per heavy atom. The van der Waals surface area contributed by atoms with Gasteiger partial charge in [-0.15, -0.1) is 0 Å². The Bertz CT molecular complexity index is 503. The van der Waals surface area contributed by atoms with Gasteiger partial charge in [-0.2, -0.15) is 0 Å². The second kappa shape index (κ2) is 3.85. The second-order valence-corrected chi connectivity index (χ2v) is 4.52. The summed E-state index contributed by atoms with van der Waals surface area (Å²) >= 11 is 0. The van der Waals surface area contributed by atoms with E-state index in [1.807, 2.05) is 30.3 Å². The molecule has 3 heteroatoms. The van der Waals surface area contributed by atoms with Crippen LogP contribution in [0.1, 0.15) is 25.5 Å². The molecule has 1 unspecified atom stereocenters. The van der Waals surface area contributed by atoms with Crippen LogP contribution in [0.4, 0.5) is 0 Å². The highest BCUT2D eigenvalue weighted by Crippen LogP contribution is 2.26. The highest BCUT2D eigenvalue weighted by Gasteiger charge is 2.26. The summed E-state index contributed by atoms with van der Waals surface area (Å²) in [6.07, 6.45) is 0.676. The quantitative estimate of drug-likeness (QED) is 0.809. The highest BCUT2D eigenvalue weighted by molar-refractivity contribution is 5.78. The molecule has 2 aromatic rings. The molecule has 16 heavy (non-hydrogen) atoms. The van der Waals surface area contributed by atoms with Gasteiger partial charge in [0.05, 0.1) is 11.1 Å². The smallest absolute Gasteiger partial charge is 0.109 e. The lowest BCUT2D eigenvalue weighted by Crippen LogP contribution is -2.28. The van der Waals surface area contributed by atoms with Crippen LogP contribution in [0.2, 0.25) is 0 Å². The Morgan fingerprint density at radius 3 is 2.62 bits per heavy atom. The van der Waals surface area contributed by atoms with Gasteiger partial charge in [0, 0.05) is 17.1 Å². The average Bonchev–Trinajstić information content (AvgIpc) is 2.26. The first-order valence-electron chi connectivity index (χ1n) is 5.23. The molecule has 1 atom stereocenters. The normalized spacial score (nSPS) is 14.0. The molecule has 1 heterocycles. The van der Waals surface area contributed by atoms with Gasteiger partial charge in [-0.05, 0) is 26.0 Å². The van der Waals surface area contributed by atoms with Crippen molar-refractivity contribution in [2.75, 3.05) is 0 Å². The number of para-hydroxylation sites is 1. The number of hydrogen-bond donors (Lipinski definition) is 2. The van der Waals surface area contributed by atoms with E-state index >= 15 is 0 Å². The number of pyridine rings is 1. The van der Waals surface area contributed by atoms with E-state index in [2.05, 4.69) is 4.98 Å². The predicted molar refractivity (Wildman–Crippen MR) is 63.0 cm³/mol. The van der Waals surface area contributed by atoms with Crippen molar-refractivity contribution in [3.8, 4) is 0 Å². The number of fused-ring (bicyclic) bond motifs is 1. The number of aromatic nitrogens is 1. The van der Waals surface area contributed by atoms with E-state index in [1.54, 1.807) is 20.0 Å². The molecule has 3 nitrogen and oxygen atoms in total. The van der Waals surface area contributed by atoms with E-state index < -0.39 is 11.7 Å². The van der Waals surface area contributed by atoms with Crippen molar-refractivity contribution < 1.29 is 10.2 Å². The summed E-state index contributed by atoms with van der Waals surface area (Å²) in [6.45, 7) is 3.15. The molecule has 0 aliphatic carbocycles. The largest absolute Gasteiger partial charge is 0.387 e. The fourth-order valence-electron chi connectivity index (χ4n) is 1.65. The third-order valence-corrected chi connectivity index (χ3v) is 2.60. The monoisotopic (exact) mass is 217 g/mol. The summed E-state index contributed by atoms with van der Waals surface area (Å²) in [5, 5.41) is 20.6. The van der Waals surface area contributed by atoms with Gasteiger partial charge in [0.1, 0.15) is 6.10 Å². The molecule has 0 bridgehead atoms. The van der Waals surface area contributed by atoms with Crippen LogP contribution < -0.4 is 0 Å². The SMILES string of the molecule is CC(C)(O)C(O)c1cnc2ccccc2c1. The van der Waals surface area contributed by atoms with Crippen molar-refractivity contribution in [1.82, 2.24) is 4.98 Å². The number of aliphatic hydroxyl groups is 2. The van der Waals surface area contributed by atoms with Crippen LogP contribution in [0.15, 0.2) is 36.5 Å². The van der Waals surface area contributed by atoms with Gasteiger partial charge in [-0.25, -0.2) is 0 Å². The van der Waals surface area contributed by atoms with E-state index in [0.29, 0.717) is 5.56 Å². The van der Waals surface area contributed by atoms with Crippen molar-refractivity contribution in [1.29, 1.82) is 0 Å². The van der Waals surface area contributed by atoms with Gasteiger partial charge in [-0.1, -0.05) is 18.2 Å². The fourth-order valence-corrected chi connectivity index (χ4v) is 1.65. The highest BCUT2D eigenvalue weighted by atomic mass is 16.3. The maximum absolute atomic E-state index is 9.93. The van der Waals surface area contributed by atoms with Gasteiger partial charge < -0.3 is 10.2 Å². The number of aliphatic hydroxyl groups excluding tert-OH is 1. The van der Waals surface area contributed by atoms with Gasteiger partial charge >= 0.3 is 0 Å². The minimum atomic E-state index is -1.16. The molecule has 0 aliphatic rings. The van der Waals surface area contributed by atoms with E-state index in [4.69, 9.17) is 0 Å². The second-order valence-electron chi connectivity index (χ2n) is 4.52. The van der Waals surface area contributed by atoms with Crippen LogP contribution >= 0.6 is 0 Å². The summed E-state index contributed by atoms with van der Waals surface area (Å²) in [6, 6.07) is 9.54. The van der Waals surface area contributed by atoms with Crippen molar-refractivity contribution in [3.05, 3.63) is 42.1 Å². The van der Waals surface area contributed by atoms with Gasteiger partial charge in [-0.3, -0.25) is 4.98 Å². The Balaban J connectivity index is 2.47. The lowest BCUT2D eigenvalue weighted by Gasteiger charge is -2.24. The number of nitrogens with zero attached hydrogens (tertiary/aromatic N) is 1. The first-order chi connectivity index (χ1) is 7.48. The maximum Gasteiger partial charge on any atom is 0.109 e. The molecule has 0 radical (unpaired) electrons. The standard InChI is InChI=1S/C13H15NO2/c1-13(2,16)12(15)10-7-9-5-3-4-6-11(9)14-8-10/h3-8,12,15-16H,1-2H3. The van der Waals surface area contributed by atoms with Crippen LogP contribution in [0.25, 0.3) is 10.9 Å². The Labute approximate surface area is 94.4 Å². The summed E-state index contributed by atoms with van der Waals surface area (Å²) < 4.78 is 0. The molecular formula is C13H15NO2. The zero-order valence-electron chi connectivity index (χ0n) is 9.38. The predicted octanol–water partition coefficient (Wildman–Crippen LogP) is 2.04. The first-order valence-corrected chi connectivity index (χ1v) is 5.23. The van der Waals surface area contributed by atoms with Crippen molar-refractivity contribution in [2.24, 2.45) is 0 Å². The van der Waals surface area contributed by atoms with Crippen molar-refractivity contribution >= 4 is 10.9 Å². The Kier molecular flexibility index (Phi) is 2.66. The van der Waals surface area contributed by atoms with E-state index in [9.17, 15) is 10.2 Å². The molecule has 0 amide bonds. The topological polar surface area (TPSA) is 53.4 Å². The van der Waals surface area contributed by atoms with Gasteiger partial charge in [0.2, 0.25) is 0 Å². The third kappa shape index (κ3) is 2.05. The summed E-state index contributed by atoms with van der Waals surface area (Å²) in [4.78, 5) is 4.24. The van der Waals surface area contributed by atoms with E-state index in [0.717, 1.165) is 10.9 Å². The van der Waals surface area contributed by atoms with Crippen LogP contribution in [0, 0.1) is 0 Å². The zero-order valence-corrected chi connectivity index (χ0v) is 9.38. The first kappa shape index (κ1) is 11.0. The van der Waals surface area contributed by atoms with E-state index in [1.165, 1.54) is 0 Å². The Morgan fingerprint density at radius 1 is 1.25 bits per heavy atom. The molecule has 0 saturated carbocycles. The van der Waals surface area contributed by atoms with E-state index in [-0.39, 0.29) is 0 Å². The fraction of sp³-hybridized carbons (Fsp3) is 0.308. The van der Waals surface area contributed by atoms with Gasteiger partial charge in [0.15, 0.2) is 0 Å². The maximum atomic E-state index is 9.93. The molecule has 0 fully saturated rings. The molecular weight excluding hydrogens is 202 g/mol. The lowest BCUT2D eigenvalue weighted by atomic mass is 9.95. The van der Waals surface area contributed by atoms with Crippen LogP contribution in [0.5, 0.6) is 0 Å². The van der Waals surface area contributed by atoms with Gasteiger partial charge in [0.25, 0.3) is 0 Å². The number of benzene rings is 1. The number of rotatable bonds is 2.